The van der Waals surface area contributed by atoms with E-state index in [0.717, 1.165) is 15.2 Å². The van der Waals surface area contributed by atoms with Gasteiger partial charge in [0.25, 0.3) is 0 Å². The molecule has 7 heteroatoms. The van der Waals surface area contributed by atoms with E-state index in [-0.39, 0.29) is 10.7 Å². The summed E-state index contributed by atoms with van der Waals surface area (Å²) in [5, 5.41) is 0.731. The molecule has 0 unspecified atom stereocenters. The number of hydrogen-bond acceptors (Lipinski definition) is 5. The molecule has 0 amide bonds. The van der Waals surface area contributed by atoms with Crippen LogP contribution in [-0.4, -0.2) is 30.5 Å². The van der Waals surface area contributed by atoms with E-state index < -0.39 is 16.1 Å². The van der Waals surface area contributed by atoms with E-state index in [4.69, 9.17) is 0 Å². The van der Waals surface area contributed by atoms with E-state index in [0.29, 0.717) is 5.56 Å². The zero-order valence-electron chi connectivity index (χ0n) is 14.1. The van der Waals surface area contributed by atoms with Crippen molar-refractivity contribution in [3.05, 3.63) is 59.1 Å². The quantitative estimate of drug-likeness (QED) is 0.636. The van der Waals surface area contributed by atoms with Crippen LogP contribution in [0.4, 0.5) is 0 Å². The highest BCUT2D eigenvalue weighted by Crippen LogP contribution is 2.31. The highest BCUT2D eigenvalue weighted by molar-refractivity contribution is 7.89. The molecule has 0 aliphatic heterocycles. The Kier molecular flexibility index (Phi) is 4.73. The highest BCUT2D eigenvalue weighted by Gasteiger charge is 2.28. The average Bonchev–Trinajstić information content (AvgIpc) is 3.04. The maximum absolute atomic E-state index is 12.9. The van der Waals surface area contributed by atoms with Crippen LogP contribution < -0.4 is 0 Å². The molecular formula is C18H18N2O3S2. The lowest BCUT2D eigenvalue weighted by Gasteiger charge is -2.22. The highest BCUT2D eigenvalue weighted by atomic mass is 32.2. The molecule has 0 fully saturated rings. The number of para-hydroxylation sites is 1. The second-order valence-corrected chi connectivity index (χ2v) is 8.86. The Morgan fingerprint density at radius 2 is 1.88 bits per heavy atom. The molecule has 0 saturated heterocycles. The zero-order valence-corrected chi connectivity index (χ0v) is 15.8. The van der Waals surface area contributed by atoms with Crippen LogP contribution in [0, 0.1) is 0 Å². The van der Waals surface area contributed by atoms with Gasteiger partial charge in [-0.3, -0.25) is 4.79 Å². The summed E-state index contributed by atoms with van der Waals surface area (Å²) in [4.78, 5) is 16.2. The summed E-state index contributed by atoms with van der Waals surface area (Å²) < 4.78 is 28.2. The molecule has 0 spiro atoms. The summed E-state index contributed by atoms with van der Waals surface area (Å²) in [6, 6.07) is 13.4. The molecule has 0 aliphatic carbocycles. The SMILES string of the molecule is CC(=O)c1cccc(S(=O)(=O)N(C)[C@H](C)c2nc3ccccc3s2)c1. The van der Waals surface area contributed by atoms with Gasteiger partial charge in [-0.15, -0.1) is 11.3 Å². The van der Waals surface area contributed by atoms with Crippen molar-refractivity contribution in [2.45, 2.75) is 24.8 Å². The molecule has 130 valence electrons. The molecule has 2 aromatic carbocycles. The van der Waals surface area contributed by atoms with Crippen LogP contribution >= 0.6 is 11.3 Å². The maximum Gasteiger partial charge on any atom is 0.243 e. The number of nitrogens with zero attached hydrogens (tertiary/aromatic N) is 2. The first-order valence-electron chi connectivity index (χ1n) is 7.75. The second kappa shape index (κ2) is 6.67. The third-order valence-corrected chi connectivity index (χ3v) is 7.26. The number of ketones is 1. The van der Waals surface area contributed by atoms with Gasteiger partial charge in [-0.25, -0.2) is 13.4 Å². The minimum absolute atomic E-state index is 0.107. The van der Waals surface area contributed by atoms with Crippen LogP contribution in [0.2, 0.25) is 0 Å². The van der Waals surface area contributed by atoms with Crippen LogP contribution in [0.15, 0.2) is 53.4 Å². The summed E-state index contributed by atoms with van der Waals surface area (Å²) in [5.74, 6) is -0.168. The number of thiazole rings is 1. The van der Waals surface area contributed by atoms with Gasteiger partial charge in [0.05, 0.1) is 21.2 Å². The smallest absolute Gasteiger partial charge is 0.243 e. The lowest BCUT2D eigenvalue weighted by atomic mass is 10.2. The molecule has 1 atom stereocenters. The van der Waals surface area contributed by atoms with Gasteiger partial charge in [-0.05, 0) is 38.1 Å². The van der Waals surface area contributed by atoms with E-state index in [1.54, 1.807) is 12.1 Å². The number of rotatable bonds is 5. The first-order chi connectivity index (χ1) is 11.8. The number of benzene rings is 2. The van der Waals surface area contributed by atoms with Crippen molar-refractivity contribution >= 4 is 37.4 Å². The van der Waals surface area contributed by atoms with Crippen LogP contribution in [0.3, 0.4) is 0 Å². The van der Waals surface area contributed by atoms with Crippen molar-refractivity contribution in [3.8, 4) is 0 Å². The van der Waals surface area contributed by atoms with Gasteiger partial charge < -0.3 is 0 Å². The predicted molar refractivity (Wildman–Crippen MR) is 99.4 cm³/mol. The van der Waals surface area contributed by atoms with Crippen LogP contribution in [0.25, 0.3) is 10.2 Å². The predicted octanol–water partition coefficient (Wildman–Crippen LogP) is 3.88. The molecule has 0 radical (unpaired) electrons. The Morgan fingerprint density at radius 3 is 2.56 bits per heavy atom. The van der Waals surface area contributed by atoms with Crippen molar-refractivity contribution in [1.29, 1.82) is 0 Å². The number of hydrogen-bond donors (Lipinski definition) is 0. The first kappa shape index (κ1) is 17.7. The van der Waals surface area contributed by atoms with Gasteiger partial charge in [0.1, 0.15) is 5.01 Å². The number of Topliss-reactive ketones (excluding diaryl/α,β-unsaturated/α-hetero) is 1. The Labute approximate surface area is 151 Å². The van der Waals surface area contributed by atoms with E-state index in [2.05, 4.69) is 4.98 Å². The molecule has 25 heavy (non-hydrogen) atoms. The van der Waals surface area contributed by atoms with Crippen LogP contribution in [-0.2, 0) is 10.0 Å². The molecule has 0 saturated carbocycles. The topological polar surface area (TPSA) is 67.3 Å². The average molecular weight is 374 g/mol. The Balaban J connectivity index is 1.96. The van der Waals surface area contributed by atoms with Crippen molar-refractivity contribution in [1.82, 2.24) is 9.29 Å². The third-order valence-electron chi connectivity index (χ3n) is 4.13. The van der Waals surface area contributed by atoms with Crippen molar-refractivity contribution in [2.24, 2.45) is 0 Å². The molecule has 0 N–H and O–H groups in total. The van der Waals surface area contributed by atoms with Crippen molar-refractivity contribution < 1.29 is 13.2 Å². The fourth-order valence-electron chi connectivity index (χ4n) is 2.47. The maximum atomic E-state index is 12.9. The molecule has 3 rings (SSSR count). The largest absolute Gasteiger partial charge is 0.295 e. The molecule has 3 aromatic rings. The molecular weight excluding hydrogens is 356 g/mol. The Morgan fingerprint density at radius 1 is 1.16 bits per heavy atom. The molecule has 1 aromatic heterocycles. The van der Waals surface area contributed by atoms with E-state index in [1.807, 2.05) is 31.2 Å². The van der Waals surface area contributed by atoms with E-state index in [9.17, 15) is 13.2 Å². The number of carbonyl (C=O) groups is 1. The van der Waals surface area contributed by atoms with E-state index >= 15 is 0 Å². The van der Waals surface area contributed by atoms with Gasteiger partial charge in [-0.2, -0.15) is 4.31 Å². The lowest BCUT2D eigenvalue weighted by molar-refractivity contribution is 0.101. The minimum atomic E-state index is -3.73. The normalized spacial score (nSPS) is 13.3. The van der Waals surface area contributed by atoms with Gasteiger partial charge in [0, 0.05) is 12.6 Å². The van der Waals surface area contributed by atoms with Gasteiger partial charge >= 0.3 is 0 Å². The number of carbonyl (C=O) groups excluding carboxylic acids is 1. The summed E-state index contributed by atoms with van der Waals surface area (Å²) in [7, 11) is -2.20. The molecule has 0 bridgehead atoms. The summed E-state index contributed by atoms with van der Waals surface area (Å²) in [6.45, 7) is 3.23. The van der Waals surface area contributed by atoms with Crippen molar-refractivity contribution in [2.75, 3.05) is 7.05 Å². The summed E-state index contributed by atoms with van der Waals surface area (Å²) in [5.41, 5.74) is 1.24. The van der Waals surface area contributed by atoms with Gasteiger partial charge in [-0.1, -0.05) is 24.3 Å². The zero-order chi connectivity index (χ0) is 18.2. The molecule has 0 aliphatic rings. The van der Waals surface area contributed by atoms with Gasteiger partial charge in [0.15, 0.2) is 5.78 Å². The minimum Gasteiger partial charge on any atom is -0.295 e. The lowest BCUT2D eigenvalue weighted by Crippen LogP contribution is -2.29. The third kappa shape index (κ3) is 3.35. The molecule has 5 nitrogen and oxygen atoms in total. The van der Waals surface area contributed by atoms with E-state index in [1.165, 1.54) is 41.7 Å². The fraction of sp³-hybridized carbons (Fsp3) is 0.222. The Bertz CT molecular complexity index is 1010. The fourth-order valence-corrected chi connectivity index (χ4v) is 4.98. The molecule has 1 heterocycles. The first-order valence-corrected chi connectivity index (χ1v) is 10.0. The van der Waals surface area contributed by atoms with Crippen LogP contribution in [0.5, 0.6) is 0 Å². The van der Waals surface area contributed by atoms with Crippen LogP contribution in [0.1, 0.15) is 35.3 Å². The second-order valence-electron chi connectivity index (χ2n) is 5.80. The number of sulfonamides is 1. The summed E-state index contributed by atoms with van der Waals surface area (Å²) in [6.07, 6.45) is 0. The summed E-state index contributed by atoms with van der Waals surface area (Å²) >= 11 is 1.48. The monoisotopic (exact) mass is 374 g/mol. The van der Waals surface area contributed by atoms with Gasteiger partial charge in [0.2, 0.25) is 10.0 Å². The van der Waals surface area contributed by atoms with Crippen molar-refractivity contribution in [3.63, 3.8) is 0 Å². The number of aromatic nitrogens is 1. The standard InChI is InChI=1S/C18H18N2O3S2/c1-12(18-19-16-9-4-5-10-17(16)24-18)20(3)25(22,23)15-8-6-7-14(11-15)13(2)21/h4-12H,1-3H3/t12-/m1/s1. The Hall–Kier alpha value is -2.09. The number of fused-ring (bicyclic) bond motifs is 1.